The minimum absolute atomic E-state index is 0.159. The van der Waals surface area contributed by atoms with Crippen molar-refractivity contribution in [1.29, 1.82) is 0 Å². The van der Waals surface area contributed by atoms with Crippen molar-refractivity contribution in [2.24, 2.45) is 0 Å². The van der Waals surface area contributed by atoms with Crippen molar-refractivity contribution in [3.8, 4) is 22.8 Å². The second-order valence-electron chi connectivity index (χ2n) is 10.7. The number of aromatic nitrogens is 2. The van der Waals surface area contributed by atoms with Crippen LogP contribution in [-0.4, -0.2) is 71.8 Å². The highest BCUT2D eigenvalue weighted by Crippen LogP contribution is 2.58. The normalized spacial score (nSPS) is 22.1. The van der Waals surface area contributed by atoms with Gasteiger partial charge in [0, 0.05) is 37.0 Å². The van der Waals surface area contributed by atoms with Crippen LogP contribution in [0.25, 0.3) is 22.0 Å². The molecule has 7 rings (SSSR count). The number of aliphatic hydroxyl groups excluding tert-OH is 1. The van der Waals surface area contributed by atoms with Gasteiger partial charge in [-0.1, -0.05) is 6.42 Å². The fourth-order valence-corrected chi connectivity index (χ4v) is 6.08. The van der Waals surface area contributed by atoms with Crippen molar-refractivity contribution < 1.29 is 14.6 Å². The van der Waals surface area contributed by atoms with E-state index in [2.05, 4.69) is 26.9 Å². The van der Waals surface area contributed by atoms with E-state index in [1.165, 1.54) is 32.4 Å². The van der Waals surface area contributed by atoms with Crippen LogP contribution in [0.15, 0.2) is 36.7 Å². The summed E-state index contributed by atoms with van der Waals surface area (Å²) in [5, 5.41) is 12.1. The molecule has 8 heteroatoms. The molecule has 1 unspecified atom stereocenters. The lowest BCUT2D eigenvalue weighted by molar-refractivity contribution is 0.149. The lowest BCUT2D eigenvalue weighted by atomic mass is 10.0. The van der Waals surface area contributed by atoms with Crippen LogP contribution in [0.2, 0.25) is 0 Å². The molecule has 2 aromatic heterocycles. The molecular weight excluding hydrogens is 454 g/mol. The zero-order valence-electron chi connectivity index (χ0n) is 20.8. The highest BCUT2D eigenvalue weighted by molar-refractivity contribution is 6.08. The van der Waals surface area contributed by atoms with Crippen molar-refractivity contribution in [2.75, 3.05) is 49.7 Å². The molecule has 0 radical (unpaired) electrons. The molecule has 3 aliphatic heterocycles. The molecular formula is C28H33N5O3. The SMILES string of the molecule is CN1c2cnc3ccc(-c4ccc(OCCCN5CCCCC5)nc4)c4c3c2N(C1O)C1(CC1)CO4. The monoisotopic (exact) mass is 487 g/mol. The van der Waals surface area contributed by atoms with Gasteiger partial charge in [0.15, 0.2) is 0 Å². The first-order valence-corrected chi connectivity index (χ1v) is 13.2. The second kappa shape index (κ2) is 8.49. The summed E-state index contributed by atoms with van der Waals surface area (Å²) in [6.45, 7) is 4.76. The highest BCUT2D eigenvalue weighted by Gasteiger charge is 2.57. The number of anilines is 2. The lowest BCUT2D eigenvalue weighted by Crippen LogP contribution is -2.50. The van der Waals surface area contributed by atoms with E-state index < -0.39 is 6.35 Å². The Labute approximate surface area is 211 Å². The average Bonchev–Trinajstić information content (AvgIpc) is 3.67. The summed E-state index contributed by atoms with van der Waals surface area (Å²) in [6, 6.07) is 8.11. The van der Waals surface area contributed by atoms with Crippen molar-refractivity contribution in [1.82, 2.24) is 14.9 Å². The fourth-order valence-electron chi connectivity index (χ4n) is 6.08. The molecule has 1 saturated carbocycles. The van der Waals surface area contributed by atoms with Gasteiger partial charge in [-0.2, -0.15) is 0 Å². The number of ether oxygens (including phenoxy) is 2. The van der Waals surface area contributed by atoms with Crippen molar-refractivity contribution >= 4 is 22.3 Å². The molecule has 4 aliphatic rings. The summed E-state index contributed by atoms with van der Waals surface area (Å²) in [4.78, 5) is 15.9. The molecule has 1 aliphatic carbocycles. The quantitative estimate of drug-likeness (QED) is 0.523. The summed E-state index contributed by atoms with van der Waals surface area (Å²) in [7, 11) is 1.92. The fraction of sp³-hybridized carbons (Fsp3) is 0.500. The van der Waals surface area contributed by atoms with Crippen LogP contribution in [0.4, 0.5) is 11.4 Å². The smallest absolute Gasteiger partial charge is 0.213 e. The van der Waals surface area contributed by atoms with Crippen LogP contribution in [0, 0.1) is 0 Å². The Balaban J connectivity index is 1.16. The van der Waals surface area contributed by atoms with Crippen LogP contribution < -0.4 is 19.3 Å². The summed E-state index contributed by atoms with van der Waals surface area (Å²) in [5.41, 5.74) is 4.66. The number of hydrogen-bond acceptors (Lipinski definition) is 8. The summed E-state index contributed by atoms with van der Waals surface area (Å²) in [5.74, 6) is 1.48. The van der Waals surface area contributed by atoms with Crippen LogP contribution in [-0.2, 0) is 0 Å². The number of aliphatic hydroxyl groups is 1. The number of pyridine rings is 2. The van der Waals surface area contributed by atoms with Gasteiger partial charge in [-0.05, 0) is 63.4 Å². The molecule has 1 atom stereocenters. The molecule has 0 amide bonds. The Hall–Kier alpha value is -3.10. The third kappa shape index (κ3) is 3.50. The maximum atomic E-state index is 11.1. The predicted octanol–water partition coefficient (Wildman–Crippen LogP) is 4.01. The minimum Gasteiger partial charge on any atom is -0.490 e. The maximum absolute atomic E-state index is 11.1. The molecule has 2 fully saturated rings. The lowest BCUT2D eigenvalue weighted by Gasteiger charge is -2.32. The molecule has 3 aromatic rings. The maximum Gasteiger partial charge on any atom is 0.213 e. The molecule has 0 bridgehead atoms. The summed E-state index contributed by atoms with van der Waals surface area (Å²) >= 11 is 0. The van der Waals surface area contributed by atoms with Crippen LogP contribution >= 0.6 is 0 Å². The van der Waals surface area contributed by atoms with E-state index >= 15 is 0 Å². The Morgan fingerprint density at radius 1 is 1.08 bits per heavy atom. The number of nitrogens with zero attached hydrogens (tertiary/aromatic N) is 5. The molecule has 1 spiro atoms. The Morgan fingerprint density at radius 2 is 1.94 bits per heavy atom. The van der Waals surface area contributed by atoms with E-state index in [0.29, 0.717) is 19.1 Å². The van der Waals surface area contributed by atoms with Gasteiger partial charge >= 0.3 is 0 Å². The van der Waals surface area contributed by atoms with E-state index in [9.17, 15) is 5.11 Å². The Bertz CT molecular complexity index is 1290. The third-order valence-electron chi connectivity index (χ3n) is 8.33. The number of hydrogen-bond donors (Lipinski definition) is 1. The van der Waals surface area contributed by atoms with Crippen molar-refractivity contribution in [3.63, 3.8) is 0 Å². The number of fused-ring (bicyclic) bond motifs is 1. The van der Waals surface area contributed by atoms with Crippen LogP contribution in [0.3, 0.4) is 0 Å². The topological polar surface area (TPSA) is 74.2 Å². The Kier molecular flexibility index (Phi) is 5.22. The molecule has 1 saturated heterocycles. The Morgan fingerprint density at radius 3 is 2.72 bits per heavy atom. The third-order valence-corrected chi connectivity index (χ3v) is 8.33. The first-order chi connectivity index (χ1) is 17.6. The van der Waals surface area contributed by atoms with Crippen LogP contribution in [0.5, 0.6) is 11.6 Å². The van der Waals surface area contributed by atoms with E-state index in [4.69, 9.17) is 14.5 Å². The first kappa shape index (κ1) is 22.1. The molecule has 5 heterocycles. The van der Waals surface area contributed by atoms with Gasteiger partial charge in [-0.25, -0.2) is 4.98 Å². The van der Waals surface area contributed by atoms with Gasteiger partial charge in [-0.15, -0.1) is 0 Å². The van der Waals surface area contributed by atoms with Gasteiger partial charge in [0.2, 0.25) is 12.2 Å². The minimum atomic E-state index is -0.707. The van der Waals surface area contributed by atoms with E-state index in [-0.39, 0.29) is 5.54 Å². The number of piperidine rings is 1. The largest absolute Gasteiger partial charge is 0.490 e. The second-order valence-corrected chi connectivity index (χ2v) is 10.7. The van der Waals surface area contributed by atoms with E-state index in [0.717, 1.165) is 65.0 Å². The van der Waals surface area contributed by atoms with Gasteiger partial charge in [0.05, 0.1) is 40.6 Å². The van der Waals surface area contributed by atoms with Crippen LogP contribution in [0.1, 0.15) is 38.5 Å². The van der Waals surface area contributed by atoms with E-state index in [1.54, 1.807) is 0 Å². The zero-order chi connectivity index (χ0) is 24.3. The molecule has 36 heavy (non-hydrogen) atoms. The van der Waals surface area contributed by atoms with Gasteiger partial charge < -0.3 is 29.3 Å². The number of rotatable bonds is 6. The summed E-state index contributed by atoms with van der Waals surface area (Å²) < 4.78 is 12.5. The van der Waals surface area contributed by atoms with Crippen molar-refractivity contribution in [3.05, 3.63) is 36.7 Å². The number of benzene rings is 1. The zero-order valence-corrected chi connectivity index (χ0v) is 20.8. The first-order valence-electron chi connectivity index (χ1n) is 13.2. The number of likely N-dealkylation sites (tertiary alicyclic amines) is 1. The molecule has 8 nitrogen and oxygen atoms in total. The average molecular weight is 488 g/mol. The van der Waals surface area contributed by atoms with Gasteiger partial charge in [0.25, 0.3) is 0 Å². The highest BCUT2D eigenvalue weighted by atomic mass is 16.5. The molecule has 1 N–H and O–H groups in total. The van der Waals surface area contributed by atoms with Crippen molar-refractivity contribution in [2.45, 2.75) is 50.4 Å². The van der Waals surface area contributed by atoms with E-state index in [1.807, 2.05) is 36.5 Å². The molecule has 1 aromatic carbocycles. The summed E-state index contributed by atoms with van der Waals surface area (Å²) in [6.07, 6.45) is 10.1. The van der Waals surface area contributed by atoms with Gasteiger partial charge in [-0.3, -0.25) is 4.98 Å². The predicted molar refractivity (Wildman–Crippen MR) is 140 cm³/mol. The standard InChI is InChI=1S/C28H33N5O3/c1-31-22-17-29-21-8-7-20(26-24(21)25(22)33(27(31)34)28(10-11-28)18-36-26)19-6-9-23(30-16-19)35-15-5-14-32-12-3-2-4-13-32/h6-9,16-17,27,34H,2-5,10-15,18H2,1H3. The molecule has 188 valence electrons. The van der Waals surface area contributed by atoms with Gasteiger partial charge in [0.1, 0.15) is 12.4 Å².